The van der Waals surface area contributed by atoms with Gasteiger partial charge < -0.3 is 14.6 Å². The highest BCUT2D eigenvalue weighted by Gasteiger charge is 2.29. The number of phenols is 1. The first-order valence-electron chi connectivity index (χ1n) is 4.33. The van der Waals surface area contributed by atoms with Crippen LogP contribution in [0.4, 0.5) is 0 Å². The number of benzene rings is 1. The molecule has 1 N–H and O–H groups in total. The molecule has 0 atom stereocenters. The van der Waals surface area contributed by atoms with Crippen molar-refractivity contribution in [1.29, 1.82) is 0 Å². The van der Waals surface area contributed by atoms with Gasteiger partial charge in [-0.05, 0) is 12.1 Å². The second-order valence-corrected chi connectivity index (χ2v) is 3.08. The maximum absolute atomic E-state index is 11.0. The predicted octanol–water partition coefficient (Wildman–Crippen LogP) is 0.881. The standard InChI is InChI=1S/C10H8O5/c11-7-3-1-2-6(4-7)10-14-8(12)5-9(13)15-10/h1-4,10-11H,5H2. The van der Waals surface area contributed by atoms with Gasteiger partial charge in [-0.1, -0.05) is 12.1 Å². The van der Waals surface area contributed by atoms with Crippen molar-refractivity contribution in [2.45, 2.75) is 12.7 Å². The van der Waals surface area contributed by atoms with E-state index in [1.807, 2.05) is 0 Å². The Balaban J connectivity index is 2.23. The van der Waals surface area contributed by atoms with Crippen LogP contribution in [0.5, 0.6) is 5.75 Å². The highest BCUT2D eigenvalue weighted by molar-refractivity contribution is 5.92. The van der Waals surface area contributed by atoms with Crippen LogP contribution in [0.25, 0.3) is 0 Å². The number of esters is 2. The number of phenolic OH excluding ortho intramolecular Hbond substituents is 1. The fraction of sp³-hybridized carbons (Fsp3) is 0.200. The Hall–Kier alpha value is -2.04. The molecule has 1 aromatic carbocycles. The molecular weight excluding hydrogens is 200 g/mol. The minimum atomic E-state index is -1.05. The van der Waals surface area contributed by atoms with Gasteiger partial charge in [0.2, 0.25) is 0 Å². The Morgan fingerprint density at radius 1 is 1.20 bits per heavy atom. The Morgan fingerprint density at radius 2 is 1.87 bits per heavy atom. The summed E-state index contributed by atoms with van der Waals surface area (Å²) in [7, 11) is 0. The Kier molecular flexibility index (Phi) is 2.29. The number of carbonyl (C=O) groups is 2. The lowest BCUT2D eigenvalue weighted by Gasteiger charge is -2.22. The number of ether oxygens (including phenoxy) is 2. The SMILES string of the molecule is O=C1CC(=O)OC(c2cccc(O)c2)O1. The first kappa shape index (κ1) is 9.51. The fourth-order valence-electron chi connectivity index (χ4n) is 1.27. The summed E-state index contributed by atoms with van der Waals surface area (Å²) in [5.41, 5.74) is 0.427. The topological polar surface area (TPSA) is 72.8 Å². The van der Waals surface area contributed by atoms with Gasteiger partial charge in [0.25, 0.3) is 6.29 Å². The summed E-state index contributed by atoms with van der Waals surface area (Å²) in [5, 5.41) is 9.19. The summed E-state index contributed by atoms with van der Waals surface area (Å²) in [6.45, 7) is 0. The lowest BCUT2D eigenvalue weighted by Crippen LogP contribution is -2.26. The summed E-state index contributed by atoms with van der Waals surface area (Å²) in [6, 6.07) is 6.00. The van der Waals surface area contributed by atoms with E-state index in [-0.39, 0.29) is 12.2 Å². The minimum absolute atomic E-state index is 0.0187. The van der Waals surface area contributed by atoms with E-state index in [0.717, 1.165) is 0 Å². The normalized spacial score (nSPS) is 17.1. The molecule has 1 heterocycles. The summed E-state index contributed by atoms with van der Waals surface area (Å²) >= 11 is 0. The van der Waals surface area contributed by atoms with Crippen LogP contribution in [0.2, 0.25) is 0 Å². The molecule has 0 aromatic heterocycles. The van der Waals surface area contributed by atoms with Crippen molar-refractivity contribution in [3.05, 3.63) is 29.8 Å². The van der Waals surface area contributed by atoms with Crippen LogP contribution in [0.1, 0.15) is 18.3 Å². The molecule has 0 spiro atoms. The van der Waals surface area contributed by atoms with E-state index in [4.69, 9.17) is 9.47 Å². The molecule has 78 valence electrons. The second kappa shape index (κ2) is 3.61. The molecule has 1 aromatic rings. The first-order valence-corrected chi connectivity index (χ1v) is 4.33. The van der Waals surface area contributed by atoms with E-state index >= 15 is 0 Å². The lowest BCUT2D eigenvalue weighted by molar-refractivity contribution is -0.204. The molecule has 0 unspecified atom stereocenters. The van der Waals surface area contributed by atoms with Gasteiger partial charge in [-0.25, -0.2) is 0 Å². The van der Waals surface area contributed by atoms with Gasteiger partial charge in [0.05, 0.1) is 0 Å². The van der Waals surface area contributed by atoms with E-state index < -0.39 is 18.2 Å². The van der Waals surface area contributed by atoms with Crippen molar-refractivity contribution in [2.24, 2.45) is 0 Å². The van der Waals surface area contributed by atoms with Crippen LogP contribution < -0.4 is 0 Å². The van der Waals surface area contributed by atoms with Crippen LogP contribution >= 0.6 is 0 Å². The third-order valence-electron chi connectivity index (χ3n) is 1.91. The third kappa shape index (κ3) is 2.07. The van der Waals surface area contributed by atoms with Gasteiger partial charge >= 0.3 is 11.9 Å². The predicted molar refractivity (Wildman–Crippen MR) is 47.6 cm³/mol. The fourth-order valence-corrected chi connectivity index (χ4v) is 1.27. The zero-order chi connectivity index (χ0) is 10.8. The van der Waals surface area contributed by atoms with Crippen molar-refractivity contribution in [3.8, 4) is 5.75 Å². The van der Waals surface area contributed by atoms with Crippen LogP contribution in [-0.4, -0.2) is 17.0 Å². The van der Waals surface area contributed by atoms with Crippen LogP contribution in [-0.2, 0) is 19.1 Å². The summed E-state index contributed by atoms with van der Waals surface area (Å²) < 4.78 is 9.61. The number of carbonyl (C=O) groups excluding carboxylic acids is 2. The van der Waals surface area contributed by atoms with Gasteiger partial charge in [-0.15, -0.1) is 0 Å². The Bertz CT molecular complexity index is 396. The van der Waals surface area contributed by atoms with E-state index in [0.29, 0.717) is 5.56 Å². The molecule has 1 aliphatic rings. The molecule has 0 saturated carbocycles. The van der Waals surface area contributed by atoms with Gasteiger partial charge in [0.1, 0.15) is 12.2 Å². The third-order valence-corrected chi connectivity index (χ3v) is 1.91. The Labute approximate surface area is 85.2 Å². The van der Waals surface area contributed by atoms with Crippen molar-refractivity contribution < 1.29 is 24.2 Å². The summed E-state index contributed by atoms with van der Waals surface area (Å²) in [4.78, 5) is 21.9. The number of hydrogen-bond donors (Lipinski definition) is 1. The minimum Gasteiger partial charge on any atom is -0.508 e. The van der Waals surface area contributed by atoms with Crippen LogP contribution in [0.15, 0.2) is 24.3 Å². The zero-order valence-corrected chi connectivity index (χ0v) is 7.67. The van der Waals surface area contributed by atoms with Crippen molar-refractivity contribution in [1.82, 2.24) is 0 Å². The molecule has 5 heteroatoms. The smallest absolute Gasteiger partial charge is 0.320 e. The molecular formula is C10H8O5. The quantitative estimate of drug-likeness (QED) is 0.547. The van der Waals surface area contributed by atoms with E-state index in [1.165, 1.54) is 12.1 Å². The van der Waals surface area contributed by atoms with E-state index in [9.17, 15) is 14.7 Å². The average molecular weight is 208 g/mol. The maximum Gasteiger partial charge on any atom is 0.320 e. The molecule has 0 bridgehead atoms. The zero-order valence-electron chi connectivity index (χ0n) is 7.67. The molecule has 5 nitrogen and oxygen atoms in total. The van der Waals surface area contributed by atoms with Crippen molar-refractivity contribution in [3.63, 3.8) is 0 Å². The van der Waals surface area contributed by atoms with Crippen LogP contribution in [0.3, 0.4) is 0 Å². The lowest BCUT2D eigenvalue weighted by atomic mass is 10.2. The van der Waals surface area contributed by atoms with Gasteiger partial charge in [-0.3, -0.25) is 9.59 Å². The molecule has 15 heavy (non-hydrogen) atoms. The van der Waals surface area contributed by atoms with Crippen molar-refractivity contribution in [2.75, 3.05) is 0 Å². The molecule has 1 saturated heterocycles. The van der Waals surface area contributed by atoms with E-state index in [1.54, 1.807) is 12.1 Å². The average Bonchev–Trinajstić information content (AvgIpc) is 2.16. The van der Waals surface area contributed by atoms with E-state index in [2.05, 4.69) is 0 Å². The molecule has 0 radical (unpaired) electrons. The molecule has 2 rings (SSSR count). The van der Waals surface area contributed by atoms with Gasteiger partial charge in [-0.2, -0.15) is 0 Å². The largest absolute Gasteiger partial charge is 0.508 e. The summed E-state index contributed by atoms with van der Waals surface area (Å²) in [6.07, 6.45) is -1.42. The monoisotopic (exact) mass is 208 g/mol. The number of cyclic esters (lactones) is 2. The molecule has 1 fully saturated rings. The van der Waals surface area contributed by atoms with Gasteiger partial charge in [0, 0.05) is 5.56 Å². The number of rotatable bonds is 1. The van der Waals surface area contributed by atoms with Crippen molar-refractivity contribution >= 4 is 11.9 Å². The highest BCUT2D eigenvalue weighted by Crippen LogP contribution is 2.26. The molecule has 0 amide bonds. The van der Waals surface area contributed by atoms with Gasteiger partial charge in [0.15, 0.2) is 0 Å². The first-order chi connectivity index (χ1) is 7.15. The highest BCUT2D eigenvalue weighted by atomic mass is 16.7. The number of hydrogen-bond acceptors (Lipinski definition) is 5. The molecule has 0 aliphatic carbocycles. The number of aromatic hydroxyl groups is 1. The Morgan fingerprint density at radius 3 is 2.47 bits per heavy atom. The second-order valence-electron chi connectivity index (χ2n) is 3.08. The maximum atomic E-state index is 11.0. The summed E-state index contributed by atoms with van der Waals surface area (Å²) in [5.74, 6) is -1.23. The molecule has 1 aliphatic heterocycles. The van der Waals surface area contributed by atoms with Crippen LogP contribution in [0, 0.1) is 0 Å².